The number of nitrogens with zero attached hydrogens (tertiary/aromatic N) is 1. The van der Waals surface area contributed by atoms with Crippen LogP contribution < -0.4 is 5.32 Å². The first kappa shape index (κ1) is 17.2. The molecule has 124 valence electrons. The first-order valence-corrected chi connectivity index (χ1v) is 9.01. The summed E-state index contributed by atoms with van der Waals surface area (Å²) in [6.07, 6.45) is 8.38. The standard InChI is InChI=1S/C18H36N2O/c1-15(2)20(11-12-21-4)14-18(13-19-17-5-6-17)9-7-16(3)8-10-18/h15-17,19H,5-14H2,1-4H3. The van der Waals surface area contributed by atoms with Crippen molar-refractivity contribution in [2.75, 3.05) is 33.4 Å². The number of rotatable bonds is 9. The van der Waals surface area contributed by atoms with E-state index in [1.807, 2.05) is 7.11 Å². The molecule has 0 spiro atoms. The fourth-order valence-corrected chi connectivity index (χ4v) is 3.57. The molecule has 0 amide bonds. The molecule has 2 aliphatic carbocycles. The Labute approximate surface area is 131 Å². The van der Waals surface area contributed by atoms with Crippen molar-refractivity contribution in [3.8, 4) is 0 Å². The van der Waals surface area contributed by atoms with Crippen molar-refractivity contribution in [1.29, 1.82) is 0 Å². The van der Waals surface area contributed by atoms with E-state index >= 15 is 0 Å². The fraction of sp³-hybridized carbons (Fsp3) is 1.00. The van der Waals surface area contributed by atoms with E-state index in [9.17, 15) is 0 Å². The van der Waals surface area contributed by atoms with E-state index in [4.69, 9.17) is 4.74 Å². The maximum atomic E-state index is 5.31. The summed E-state index contributed by atoms with van der Waals surface area (Å²) in [7, 11) is 1.81. The van der Waals surface area contributed by atoms with Crippen LogP contribution in [-0.2, 0) is 4.74 Å². The predicted molar refractivity (Wildman–Crippen MR) is 89.7 cm³/mol. The second-order valence-electron chi connectivity index (χ2n) is 7.89. The minimum atomic E-state index is 0.493. The van der Waals surface area contributed by atoms with Gasteiger partial charge in [0.15, 0.2) is 0 Å². The zero-order chi connectivity index (χ0) is 15.3. The van der Waals surface area contributed by atoms with Crippen molar-refractivity contribution in [3.05, 3.63) is 0 Å². The lowest BCUT2D eigenvalue weighted by molar-refractivity contribution is 0.0522. The van der Waals surface area contributed by atoms with Crippen LogP contribution in [-0.4, -0.2) is 50.3 Å². The molecular weight excluding hydrogens is 260 g/mol. The van der Waals surface area contributed by atoms with Crippen molar-refractivity contribution >= 4 is 0 Å². The molecular formula is C18H36N2O. The van der Waals surface area contributed by atoms with Gasteiger partial charge in [0.05, 0.1) is 6.61 Å². The van der Waals surface area contributed by atoms with Gasteiger partial charge in [0.1, 0.15) is 0 Å². The summed E-state index contributed by atoms with van der Waals surface area (Å²) in [5.41, 5.74) is 0.493. The smallest absolute Gasteiger partial charge is 0.0589 e. The molecule has 0 atom stereocenters. The number of ether oxygens (including phenoxy) is 1. The number of methoxy groups -OCH3 is 1. The summed E-state index contributed by atoms with van der Waals surface area (Å²) in [5.74, 6) is 0.922. The predicted octanol–water partition coefficient (Wildman–Crippen LogP) is 3.29. The highest BCUT2D eigenvalue weighted by Gasteiger charge is 2.37. The average molecular weight is 296 g/mol. The SMILES string of the molecule is COCCN(CC1(CNC2CC2)CCC(C)CC1)C(C)C. The minimum Gasteiger partial charge on any atom is -0.383 e. The molecule has 3 heteroatoms. The molecule has 0 heterocycles. The van der Waals surface area contributed by atoms with Crippen molar-refractivity contribution < 1.29 is 4.74 Å². The maximum absolute atomic E-state index is 5.31. The van der Waals surface area contributed by atoms with Crippen LogP contribution in [0.4, 0.5) is 0 Å². The van der Waals surface area contributed by atoms with Gasteiger partial charge in [-0.15, -0.1) is 0 Å². The van der Waals surface area contributed by atoms with Gasteiger partial charge in [0.25, 0.3) is 0 Å². The molecule has 0 aliphatic heterocycles. The molecule has 0 bridgehead atoms. The molecule has 21 heavy (non-hydrogen) atoms. The van der Waals surface area contributed by atoms with Gasteiger partial charge in [0, 0.05) is 38.8 Å². The van der Waals surface area contributed by atoms with Gasteiger partial charge in [-0.25, -0.2) is 0 Å². The van der Waals surface area contributed by atoms with E-state index in [1.54, 1.807) is 0 Å². The lowest BCUT2D eigenvalue weighted by Crippen LogP contribution is -2.49. The molecule has 1 N–H and O–H groups in total. The number of nitrogens with one attached hydrogen (secondary N) is 1. The van der Waals surface area contributed by atoms with Crippen molar-refractivity contribution in [2.24, 2.45) is 11.3 Å². The molecule has 0 unspecified atom stereocenters. The monoisotopic (exact) mass is 296 g/mol. The molecule has 2 fully saturated rings. The first-order valence-electron chi connectivity index (χ1n) is 9.01. The van der Waals surface area contributed by atoms with Crippen LogP contribution in [0.15, 0.2) is 0 Å². The summed E-state index contributed by atoms with van der Waals surface area (Å²) in [4.78, 5) is 2.63. The zero-order valence-corrected chi connectivity index (χ0v) is 14.7. The highest BCUT2D eigenvalue weighted by atomic mass is 16.5. The third-order valence-electron chi connectivity index (χ3n) is 5.53. The summed E-state index contributed by atoms with van der Waals surface area (Å²) in [5, 5.41) is 3.82. The van der Waals surface area contributed by atoms with Gasteiger partial charge in [-0.3, -0.25) is 4.90 Å². The largest absolute Gasteiger partial charge is 0.383 e. The lowest BCUT2D eigenvalue weighted by atomic mass is 9.70. The Kier molecular flexibility index (Phi) is 6.51. The van der Waals surface area contributed by atoms with Crippen LogP contribution in [0.5, 0.6) is 0 Å². The second kappa shape index (κ2) is 7.94. The highest BCUT2D eigenvalue weighted by Crippen LogP contribution is 2.40. The van der Waals surface area contributed by atoms with Crippen molar-refractivity contribution in [1.82, 2.24) is 10.2 Å². The van der Waals surface area contributed by atoms with Crippen LogP contribution in [0.1, 0.15) is 59.3 Å². The molecule has 0 aromatic carbocycles. The van der Waals surface area contributed by atoms with Crippen LogP contribution >= 0.6 is 0 Å². The summed E-state index contributed by atoms with van der Waals surface area (Å²) < 4.78 is 5.31. The van der Waals surface area contributed by atoms with Gasteiger partial charge < -0.3 is 10.1 Å². The Morgan fingerprint density at radius 3 is 2.38 bits per heavy atom. The van der Waals surface area contributed by atoms with Gasteiger partial charge in [-0.1, -0.05) is 19.8 Å². The molecule has 0 radical (unpaired) electrons. The van der Waals surface area contributed by atoms with E-state index in [1.165, 1.54) is 51.6 Å². The highest BCUT2D eigenvalue weighted by molar-refractivity contribution is 4.93. The lowest BCUT2D eigenvalue weighted by Gasteiger charge is -2.44. The fourth-order valence-electron chi connectivity index (χ4n) is 3.57. The van der Waals surface area contributed by atoms with Crippen LogP contribution in [0.2, 0.25) is 0 Å². The molecule has 0 aromatic rings. The normalized spacial score (nSPS) is 30.3. The molecule has 2 saturated carbocycles. The average Bonchev–Trinajstić information content (AvgIpc) is 3.28. The summed E-state index contributed by atoms with van der Waals surface area (Å²) >= 11 is 0. The summed E-state index contributed by atoms with van der Waals surface area (Å²) in [6.45, 7) is 11.4. The minimum absolute atomic E-state index is 0.493. The van der Waals surface area contributed by atoms with Gasteiger partial charge in [0.2, 0.25) is 0 Å². The second-order valence-corrected chi connectivity index (χ2v) is 7.89. The van der Waals surface area contributed by atoms with E-state index in [0.29, 0.717) is 11.5 Å². The quantitative estimate of drug-likeness (QED) is 0.706. The number of hydrogen-bond donors (Lipinski definition) is 1. The first-order chi connectivity index (χ1) is 10.0. The Morgan fingerprint density at radius 1 is 1.19 bits per heavy atom. The molecule has 2 rings (SSSR count). The van der Waals surface area contributed by atoms with Crippen LogP contribution in [0.25, 0.3) is 0 Å². The third kappa shape index (κ3) is 5.54. The van der Waals surface area contributed by atoms with Gasteiger partial charge >= 0.3 is 0 Å². The van der Waals surface area contributed by atoms with Crippen LogP contribution in [0, 0.1) is 11.3 Å². The van der Waals surface area contributed by atoms with Gasteiger partial charge in [-0.05, 0) is 50.9 Å². The topological polar surface area (TPSA) is 24.5 Å². The zero-order valence-electron chi connectivity index (χ0n) is 14.7. The van der Waals surface area contributed by atoms with E-state index in [2.05, 4.69) is 31.0 Å². The molecule has 2 aliphatic rings. The van der Waals surface area contributed by atoms with E-state index < -0.39 is 0 Å². The molecule has 0 saturated heterocycles. The molecule has 0 aromatic heterocycles. The van der Waals surface area contributed by atoms with E-state index in [0.717, 1.165) is 25.1 Å². The Hall–Kier alpha value is -0.120. The number of hydrogen-bond acceptors (Lipinski definition) is 3. The maximum Gasteiger partial charge on any atom is 0.0589 e. The van der Waals surface area contributed by atoms with Crippen LogP contribution in [0.3, 0.4) is 0 Å². The van der Waals surface area contributed by atoms with Gasteiger partial charge in [-0.2, -0.15) is 0 Å². The Balaban J connectivity index is 1.95. The Bertz CT molecular complexity index is 294. The van der Waals surface area contributed by atoms with Crippen molar-refractivity contribution in [3.63, 3.8) is 0 Å². The Morgan fingerprint density at radius 2 is 1.86 bits per heavy atom. The third-order valence-corrected chi connectivity index (χ3v) is 5.53. The molecule has 3 nitrogen and oxygen atoms in total. The summed E-state index contributed by atoms with van der Waals surface area (Å²) in [6, 6.07) is 1.44. The van der Waals surface area contributed by atoms with Crippen molar-refractivity contribution in [2.45, 2.75) is 71.4 Å². The van der Waals surface area contributed by atoms with E-state index in [-0.39, 0.29) is 0 Å².